The van der Waals surface area contributed by atoms with Crippen LogP contribution >= 0.6 is 0 Å². The van der Waals surface area contributed by atoms with Crippen molar-refractivity contribution in [1.29, 1.82) is 0 Å². The van der Waals surface area contributed by atoms with Gasteiger partial charge in [-0.05, 0) is 18.4 Å². The van der Waals surface area contributed by atoms with Gasteiger partial charge in [-0.3, -0.25) is 4.79 Å². The molecule has 0 aliphatic heterocycles. The lowest BCUT2D eigenvalue weighted by molar-refractivity contribution is -0.138. The minimum Gasteiger partial charge on any atom is -0.481 e. The van der Waals surface area contributed by atoms with Gasteiger partial charge in [0, 0.05) is 12.6 Å². The van der Waals surface area contributed by atoms with Crippen LogP contribution in [-0.4, -0.2) is 23.7 Å². The van der Waals surface area contributed by atoms with Gasteiger partial charge in [-0.15, -0.1) is 0 Å². The maximum Gasteiger partial charge on any atom is 0.312 e. The molecule has 0 saturated heterocycles. The molecule has 2 rings (SSSR count). The normalized spacial score (nSPS) is 18.4. The Kier molecular flexibility index (Phi) is 4.76. The van der Waals surface area contributed by atoms with Crippen LogP contribution in [0, 0.1) is 0 Å². The molecule has 1 aliphatic rings. The van der Waals surface area contributed by atoms with Crippen LogP contribution in [0.1, 0.15) is 43.6 Å². The maximum absolute atomic E-state index is 11.3. The van der Waals surface area contributed by atoms with Gasteiger partial charge in [0.1, 0.15) is 0 Å². The highest BCUT2D eigenvalue weighted by molar-refractivity contribution is 5.76. The van der Waals surface area contributed by atoms with E-state index < -0.39 is 11.9 Å². The average molecular weight is 247 g/mol. The van der Waals surface area contributed by atoms with Crippen molar-refractivity contribution in [3.8, 4) is 0 Å². The van der Waals surface area contributed by atoms with Gasteiger partial charge in [0.2, 0.25) is 0 Å². The molecule has 1 saturated carbocycles. The minimum atomic E-state index is -0.746. The van der Waals surface area contributed by atoms with Gasteiger partial charge in [-0.1, -0.05) is 49.6 Å². The molecule has 3 nitrogen and oxygen atoms in total. The molecule has 1 unspecified atom stereocenters. The monoisotopic (exact) mass is 247 g/mol. The molecule has 1 aliphatic carbocycles. The van der Waals surface area contributed by atoms with Crippen molar-refractivity contribution >= 4 is 5.97 Å². The third kappa shape index (κ3) is 3.57. The number of rotatable bonds is 5. The molecule has 2 N–H and O–H groups in total. The Balaban J connectivity index is 1.92. The summed E-state index contributed by atoms with van der Waals surface area (Å²) in [5, 5.41) is 12.7. The van der Waals surface area contributed by atoms with Crippen molar-refractivity contribution in [2.75, 3.05) is 6.54 Å². The van der Waals surface area contributed by atoms with E-state index in [0.717, 1.165) is 5.56 Å². The van der Waals surface area contributed by atoms with E-state index in [4.69, 9.17) is 0 Å². The van der Waals surface area contributed by atoms with E-state index in [-0.39, 0.29) is 0 Å². The van der Waals surface area contributed by atoms with Crippen molar-refractivity contribution in [1.82, 2.24) is 5.32 Å². The zero-order chi connectivity index (χ0) is 12.8. The third-order valence-corrected chi connectivity index (χ3v) is 3.72. The molecular formula is C15H21NO2. The first-order valence-corrected chi connectivity index (χ1v) is 6.78. The Morgan fingerprint density at radius 2 is 1.89 bits per heavy atom. The van der Waals surface area contributed by atoms with Crippen LogP contribution in [0.5, 0.6) is 0 Å². The second-order valence-electron chi connectivity index (χ2n) is 5.04. The van der Waals surface area contributed by atoms with Crippen LogP contribution in [0.25, 0.3) is 0 Å². The fourth-order valence-corrected chi connectivity index (χ4v) is 2.62. The van der Waals surface area contributed by atoms with Crippen molar-refractivity contribution in [3.63, 3.8) is 0 Å². The molecule has 0 bridgehead atoms. The van der Waals surface area contributed by atoms with E-state index in [1.807, 2.05) is 30.3 Å². The van der Waals surface area contributed by atoms with E-state index in [0.29, 0.717) is 12.6 Å². The predicted molar refractivity (Wildman–Crippen MR) is 71.7 cm³/mol. The van der Waals surface area contributed by atoms with Gasteiger partial charge >= 0.3 is 5.97 Å². The highest BCUT2D eigenvalue weighted by Crippen LogP contribution is 2.19. The molecule has 0 heterocycles. The summed E-state index contributed by atoms with van der Waals surface area (Å²) >= 11 is 0. The van der Waals surface area contributed by atoms with Crippen molar-refractivity contribution in [2.45, 2.75) is 44.1 Å². The van der Waals surface area contributed by atoms with Crippen LogP contribution < -0.4 is 5.32 Å². The standard InChI is InChI=1S/C15H21NO2/c17-15(18)14(12-7-3-1-4-8-12)11-16-13-9-5-2-6-10-13/h1,3-4,7-8,13-14,16H,2,5-6,9-11H2,(H,17,18). The molecular weight excluding hydrogens is 226 g/mol. The van der Waals surface area contributed by atoms with Gasteiger partial charge < -0.3 is 10.4 Å². The smallest absolute Gasteiger partial charge is 0.312 e. The van der Waals surface area contributed by atoms with E-state index in [9.17, 15) is 9.90 Å². The molecule has 1 atom stereocenters. The number of hydrogen-bond donors (Lipinski definition) is 2. The second kappa shape index (κ2) is 6.55. The Bertz CT molecular complexity index is 371. The van der Waals surface area contributed by atoms with Gasteiger partial charge in [0.05, 0.1) is 5.92 Å². The molecule has 3 heteroatoms. The predicted octanol–water partition coefficient (Wildman–Crippen LogP) is 2.78. The Hall–Kier alpha value is -1.35. The summed E-state index contributed by atoms with van der Waals surface area (Å²) in [7, 11) is 0. The molecule has 98 valence electrons. The molecule has 0 amide bonds. The second-order valence-corrected chi connectivity index (χ2v) is 5.04. The Labute approximate surface area is 108 Å². The van der Waals surface area contributed by atoms with Crippen LogP contribution in [0.3, 0.4) is 0 Å². The zero-order valence-corrected chi connectivity index (χ0v) is 10.6. The lowest BCUT2D eigenvalue weighted by atomic mass is 9.94. The highest BCUT2D eigenvalue weighted by Gasteiger charge is 2.21. The van der Waals surface area contributed by atoms with Crippen molar-refractivity contribution in [3.05, 3.63) is 35.9 Å². The lowest BCUT2D eigenvalue weighted by Gasteiger charge is -2.24. The number of aliphatic carboxylic acids is 1. The van der Waals surface area contributed by atoms with Crippen molar-refractivity contribution in [2.24, 2.45) is 0 Å². The number of nitrogens with one attached hydrogen (secondary N) is 1. The summed E-state index contributed by atoms with van der Waals surface area (Å²) < 4.78 is 0. The zero-order valence-electron chi connectivity index (χ0n) is 10.6. The number of carboxylic acids is 1. The van der Waals surface area contributed by atoms with Gasteiger partial charge in [0.15, 0.2) is 0 Å². The summed E-state index contributed by atoms with van der Waals surface area (Å²) in [6.45, 7) is 0.532. The SMILES string of the molecule is O=C(O)C(CNC1CCCCC1)c1ccccc1. The molecule has 1 fully saturated rings. The molecule has 0 radical (unpaired) electrons. The van der Waals surface area contributed by atoms with E-state index >= 15 is 0 Å². The summed E-state index contributed by atoms with van der Waals surface area (Å²) in [4.78, 5) is 11.3. The average Bonchev–Trinajstić information content (AvgIpc) is 2.41. The number of benzene rings is 1. The summed E-state index contributed by atoms with van der Waals surface area (Å²) in [5.74, 6) is -1.18. The Morgan fingerprint density at radius 3 is 2.50 bits per heavy atom. The minimum absolute atomic E-state index is 0.437. The fraction of sp³-hybridized carbons (Fsp3) is 0.533. The van der Waals surface area contributed by atoms with Gasteiger partial charge in [-0.25, -0.2) is 0 Å². The highest BCUT2D eigenvalue weighted by atomic mass is 16.4. The summed E-state index contributed by atoms with van der Waals surface area (Å²) in [6, 6.07) is 9.99. The fourth-order valence-electron chi connectivity index (χ4n) is 2.62. The topological polar surface area (TPSA) is 49.3 Å². The van der Waals surface area contributed by atoms with Crippen LogP contribution in [0.2, 0.25) is 0 Å². The third-order valence-electron chi connectivity index (χ3n) is 3.72. The van der Waals surface area contributed by atoms with Gasteiger partial charge in [0.25, 0.3) is 0 Å². The lowest BCUT2D eigenvalue weighted by Crippen LogP contribution is -2.36. The quantitative estimate of drug-likeness (QED) is 0.841. The van der Waals surface area contributed by atoms with Crippen molar-refractivity contribution < 1.29 is 9.90 Å². The number of hydrogen-bond acceptors (Lipinski definition) is 2. The van der Waals surface area contributed by atoms with E-state index in [1.165, 1.54) is 32.1 Å². The Morgan fingerprint density at radius 1 is 1.22 bits per heavy atom. The first-order valence-electron chi connectivity index (χ1n) is 6.78. The largest absolute Gasteiger partial charge is 0.481 e. The molecule has 18 heavy (non-hydrogen) atoms. The maximum atomic E-state index is 11.3. The first-order chi connectivity index (χ1) is 8.77. The number of carbonyl (C=O) groups is 1. The van der Waals surface area contributed by atoms with Crippen LogP contribution in [0.4, 0.5) is 0 Å². The first kappa shape index (κ1) is 13.1. The number of carboxylic acid groups (broad SMARTS) is 1. The van der Waals surface area contributed by atoms with E-state index in [1.54, 1.807) is 0 Å². The van der Waals surface area contributed by atoms with Crippen LogP contribution in [0.15, 0.2) is 30.3 Å². The van der Waals surface area contributed by atoms with E-state index in [2.05, 4.69) is 5.32 Å². The summed E-state index contributed by atoms with van der Waals surface area (Å²) in [6.07, 6.45) is 6.21. The molecule has 1 aromatic carbocycles. The summed E-state index contributed by atoms with van der Waals surface area (Å²) in [5.41, 5.74) is 0.883. The molecule has 0 spiro atoms. The van der Waals surface area contributed by atoms with Gasteiger partial charge in [-0.2, -0.15) is 0 Å². The van der Waals surface area contributed by atoms with Crippen LogP contribution in [-0.2, 0) is 4.79 Å². The molecule has 1 aromatic rings. The molecule has 0 aromatic heterocycles.